The number of carbonyl (C=O) groups excluding carboxylic acids is 1. The number of phenolic OH excluding ortho intramolecular Hbond substituents is 1. The summed E-state index contributed by atoms with van der Waals surface area (Å²) in [6, 6.07) is 9.66. The van der Waals surface area contributed by atoms with Crippen LogP contribution in [0.1, 0.15) is 19.4 Å². The molecule has 9 heteroatoms. The summed E-state index contributed by atoms with van der Waals surface area (Å²) in [6.07, 6.45) is 0. The lowest BCUT2D eigenvalue weighted by molar-refractivity contribution is -0.123. The number of sulfonamides is 1. The van der Waals surface area contributed by atoms with Gasteiger partial charge >= 0.3 is 0 Å². The van der Waals surface area contributed by atoms with Crippen LogP contribution in [0.2, 0.25) is 0 Å². The van der Waals surface area contributed by atoms with Crippen molar-refractivity contribution < 1.29 is 27.8 Å². The highest BCUT2D eigenvalue weighted by molar-refractivity contribution is 7.89. The molecule has 0 saturated heterocycles. The average molecular weight is 423 g/mol. The molecule has 0 aromatic heterocycles. The van der Waals surface area contributed by atoms with E-state index in [1.807, 2.05) is 0 Å². The van der Waals surface area contributed by atoms with Crippen LogP contribution in [0.3, 0.4) is 0 Å². The third kappa shape index (κ3) is 5.85. The van der Waals surface area contributed by atoms with Crippen LogP contribution in [0.5, 0.6) is 17.2 Å². The number of rotatable bonds is 9. The second-order valence-electron chi connectivity index (χ2n) is 6.74. The Kier molecular flexibility index (Phi) is 7.46. The Bertz CT molecular complexity index is 942. The molecule has 2 aromatic carbocycles. The van der Waals surface area contributed by atoms with Crippen LogP contribution < -0.4 is 19.5 Å². The second-order valence-corrected chi connectivity index (χ2v) is 8.46. The van der Waals surface area contributed by atoms with Crippen molar-refractivity contribution in [2.75, 3.05) is 14.2 Å². The highest BCUT2D eigenvalue weighted by Gasteiger charge is 2.28. The molecule has 0 aliphatic rings. The molecule has 29 heavy (non-hydrogen) atoms. The van der Waals surface area contributed by atoms with Crippen molar-refractivity contribution in [2.24, 2.45) is 5.92 Å². The molecular formula is C20H26N2O6S. The zero-order chi connectivity index (χ0) is 21.6. The van der Waals surface area contributed by atoms with E-state index in [0.29, 0.717) is 11.3 Å². The number of nitrogens with one attached hydrogen (secondary N) is 2. The van der Waals surface area contributed by atoms with Gasteiger partial charge in [-0.1, -0.05) is 19.9 Å². The Labute approximate surface area is 170 Å². The standard InChI is InChI=1S/C20H26N2O6S/c1-13(2)19(22-29(25,26)16-8-6-15(27-3)7-9-16)20(24)21-12-14-5-10-17(23)18(11-14)28-4/h5-11,13,19,22-23H,12H2,1-4H3,(H,21,24)/t19-/m0/s1. The number of aromatic hydroxyl groups is 1. The number of hydrogen-bond donors (Lipinski definition) is 3. The van der Waals surface area contributed by atoms with E-state index in [2.05, 4.69) is 10.0 Å². The molecule has 1 atom stereocenters. The smallest absolute Gasteiger partial charge is 0.241 e. The Hall–Kier alpha value is -2.78. The van der Waals surface area contributed by atoms with Crippen LogP contribution in [0.25, 0.3) is 0 Å². The average Bonchev–Trinajstić information content (AvgIpc) is 2.71. The number of phenols is 1. The van der Waals surface area contributed by atoms with Crippen LogP contribution in [0.15, 0.2) is 47.4 Å². The fourth-order valence-corrected chi connectivity index (χ4v) is 3.96. The van der Waals surface area contributed by atoms with Gasteiger partial charge in [-0.2, -0.15) is 4.72 Å². The quantitative estimate of drug-likeness (QED) is 0.570. The molecule has 2 aromatic rings. The molecule has 0 fully saturated rings. The molecule has 0 saturated carbocycles. The summed E-state index contributed by atoms with van der Waals surface area (Å²) in [7, 11) is -0.972. The SMILES string of the molecule is COc1ccc(S(=O)(=O)N[C@H](C(=O)NCc2ccc(O)c(OC)c2)C(C)C)cc1. The van der Waals surface area contributed by atoms with Crippen LogP contribution >= 0.6 is 0 Å². The summed E-state index contributed by atoms with van der Waals surface area (Å²) in [6.45, 7) is 3.66. The molecule has 0 aliphatic heterocycles. The third-order valence-corrected chi connectivity index (χ3v) is 5.77. The predicted molar refractivity (Wildman–Crippen MR) is 108 cm³/mol. The number of methoxy groups -OCH3 is 2. The molecule has 0 radical (unpaired) electrons. The molecule has 0 heterocycles. The molecular weight excluding hydrogens is 396 g/mol. The van der Waals surface area contributed by atoms with Crippen LogP contribution in [0, 0.1) is 5.92 Å². The lowest BCUT2D eigenvalue weighted by Crippen LogP contribution is -2.49. The minimum absolute atomic E-state index is 0.00474. The summed E-state index contributed by atoms with van der Waals surface area (Å²) in [5.74, 6) is 0.0835. The normalized spacial score (nSPS) is 12.4. The summed E-state index contributed by atoms with van der Waals surface area (Å²) in [5, 5.41) is 12.4. The van der Waals surface area contributed by atoms with Crippen molar-refractivity contribution in [1.82, 2.24) is 10.0 Å². The summed E-state index contributed by atoms with van der Waals surface area (Å²) >= 11 is 0. The van der Waals surface area contributed by atoms with Gasteiger partial charge in [0.25, 0.3) is 0 Å². The first-order chi connectivity index (χ1) is 13.7. The van der Waals surface area contributed by atoms with Crippen LogP contribution in [0.4, 0.5) is 0 Å². The summed E-state index contributed by atoms with van der Waals surface area (Å²) in [4.78, 5) is 12.7. The number of hydrogen-bond acceptors (Lipinski definition) is 6. The van der Waals surface area contributed by atoms with Crippen molar-refractivity contribution in [3.05, 3.63) is 48.0 Å². The monoisotopic (exact) mass is 422 g/mol. The van der Waals surface area contributed by atoms with Gasteiger partial charge in [-0.3, -0.25) is 4.79 Å². The fraction of sp³-hybridized carbons (Fsp3) is 0.350. The first-order valence-corrected chi connectivity index (χ1v) is 10.5. The maximum absolute atomic E-state index is 12.7. The maximum atomic E-state index is 12.7. The van der Waals surface area contributed by atoms with Gasteiger partial charge in [0.1, 0.15) is 11.8 Å². The Balaban J connectivity index is 2.10. The fourth-order valence-electron chi connectivity index (χ4n) is 2.61. The van der Waals surface area contributed by atoms with Gasteiger partial charge in [-0.15, -0.1) is 0 Å². The van der Waals surface area contributed by atoms with Gasteiger partial charge in [0.05, 0.1) is 19.1 Å². The lowest BCUT2D eigenvalue weighted by atomic mass is 10.0. The Morgan fingerprint density at radius 2 is 1.72 bits per heavy atom. The van der Waals surface area contributed by atoms with E-state index in [1.165, 1.54) is 44.6 Å². The number of ether oxygens (including phenoxy) is 2. The predicted octanol–water partition coefficient (Wildman–Crippen LogP) is 2.03. The Morgan fingerprint density at radius 1 is 1.07 bits per heavy atom. The van der Waals surface area contributed by atoms with Gasteiger partial charge in [-0.25, -0.2) is 8.42 Å². The Morgan fingerprint density at radius 3 is 2.28 bits per heavy atom. The van der Waals surface area contributed by atoms with Gasteiger partial charge in [0, 0.05) is 6.54 Å². The molecule has 0 spiro atoms. The molecule has 8 nitrogen and oxygen atoms in total. The summed E-state index contributed by atoms with van der Waals surface area (Å²) in [5.41, 5.74) is 0.702. The largest absolute Gasteiger partial charge is 0.504 e. The van der Waals surface area contributed by atoms with Crippen LogP contribution in [-0.4, -0.2) is 39.7 Å². The molecule has 0 aliphatic carbocycles. The van der Waals surface area contributed by atoms with Crippen molar-refractivity contribution in [1.29, 1.82) is 0 Å². The van der Waals surface area contributed by atoms with E-state index in [1.54, 1.807) is 26.0 Å². The van der Waals surface area contributed by atoms with E-state index in [9.17, 15) is 18.3 Å². The van der Waals surface area contributed by atoms with Crippen molar-refractivity contribution in [2.45, 2.75) is 31.3 Å². The van der Waals surface area contributed by atoms with Gasteiger partial charge in [-0.05, 0) is 47.9 Å². The van der Waals surface area contributed by atoms with Crippen LogP contribution in [-0.2, 0) is 21.4 Å². The topological polar surface area (TPSA) is 114 Å². The van der Waals surface area contributed by atoms with Gasteiger partial charge < -0.3 is 19.9 Å². The lowest BCUT2D eigenvalue weighted by Gasteiger charge is -2.22. The van der Waals surface area contributed by atoms with E-state index in [0.717, 1.165) is 0 Å². The highest BCUT2D eigenvalue weighted by atomic mass is 32.2. The number of carbonyl (C=O) groups is 1. The maximum Gasteiger partial charge on any atom is 0.241 e. The molecule has 0 unspecified atom stereocenters. The van der Waals surface area contributed by atoms with E-state index in [-0.39, 0.29) is 28.9 Å². The molecule has 0 bridgehead atoms. The number of benzene rings is 2. The minimum Gasteiger partial charge on any atom is -0.504 e. The first kappa shape index (κ1) is 22.5. The van der Waals surface area contributed by atoms with E-state index in [4.69, 9.17) is 9.47 Å². The van der Waals surface area contributed by atoms with Crippen molar-refractivity contribution in [3.8, 4) is 17.2 Å². The molecule has 1 amide bonds. The van der Waals surface area contributed by atoms with Gasteiger partial charge in [0.15, 0.2) is 11.5 Å². The molecule has 3 N–H and O–H groups in total. The molecule has 2 rings (SSSR count). The summed E-state index contributed by atoms with van der Waals surface area (Å²) < 4.78 is 37.9. The molecule has 158 valence electrons. The minimum atomic E-state index is -3.89. The zero-order valence-corrected chi connectivity index (χ0v) is 17.6. The van der Waals surface area contributed by atoms with E-state index < -0.39 is 22.0 Å². The van der Waals surface area contributed by atoms with Crippen molar-refractivity contribution >= 4 is 15.9 Å². The van der Waals surface area contributed by atoms with Gasteiger partial charge in [0.2, 0.25) is 15.9 Å². The first-order valence-electron chi connectivity index (χ1n) is 8.98. The third-order valence-electron chi connectivity index (χ3n) is 4.31. The second kappa shape index (κ2) is 9.62. The van der Waals surface area contributed by atoms with Crippen molar-refractivity contribution in [3.63, 3.8) is 0 Å². The number of amides is 1. The zero-order valence-electron chi connectivity index (χ0n) is 16.8. The highest BCUT2D eigenvalue weighted by Crippen LogP contribution is 2.26. The van der Waals surface area contributed by atoms with E-state index >= 15 is 0 Å².